The van der Waals surface area contributed by atoms with Gasteiger partial charge in [-0.05, 0) is 30.5 Å². The summed E-state index contributed by atoms with van der Waals surface area (Å²) in [6.45, 7) is 0.915. The Kier molecular flexibility index (Phi) is 4.18. The summed E-state index contributed by atoms with van der Waals surface area (Å²) in [6.07, 6.45) is 3.95. The molecule has 1 aromatic carbocycles. The number of hydrogen-bond donors (Lipinski definition) is 2. The minimum absolute atomic E-state index is 0.0665. The zero-order chi connectivity index (χ0) is 13.7. The maximum Gasteiger partial charge on any atom is 0.227 e. The largest absolute Gasteiger partial charge is 0.352 e. The molecular weight excluding hydrogens is 238 g/mol. The minimum atomic E-state index is -0.355. The van der Waals surface area contributed by atoms with Gasteiger partial charge in [0, 0.05) is 13.1 Å². The van der Waals surface area contributed by atoms with Gasteiger partial charge in [-0.15, -0.1) is 0 Å². The van der Waals surface area contributed by atoms with Crippen LogP contribution in [0, 0.1) is 16.7 Å². The van der Waals surface area contributed by atoms with Crippen molar-refractivity contribution in [3.8, 4) is 6.07 Å². The van der Waals surface area contributed by atoms with Crippen LogP contribution in [0.15, 0.2) is 24.3 Å². The van der Waals surface area contributed by atoms with Crippen molar-refractivity contribution < 1.29 is 4.79 Å². The van der Waals surface area contributed by atoms with E-state index in [1.54, 1.807) is 12.1 Å². The quantitative estimate of drug-likeness (QED) is 0.861. The number of hydrogen-bond acceptors (Lipinski definition) is 3. The van der Waals surface area contributed by atoms with Crippen LogP contribution in [0.25, 0.3) is 0 Å². The van der Waals surface area contributed by atoms with Gasteiger partial charge in [0.15, 0.2) is 0 Å². The van der Waals surface area contributed by atoms with Crippen molar-refractivity contribution >= 4 is 5.91 Å². The van der Waals surface area contributed by atoms with Crippen LogP contribution in [0.5, 0.6) is 0 Å². The number of amides is 1. The molecule has 100 valence electrons. The van der Waals surface area contributed by atoms with E-state index in [1.165, 1.54) is 0 Å². The topological polar surface area (TPSA) is 78.9 Å². The lowest BCUT2D eigenvalue weighted by molar-refractivity contribution is -0.130. The summed E-state index contributed by atoms with van der Waals surface area (Å²) in [5.74, 6) is 0.0665. The molecule has 0 spiro atoms. The summed E-state index contributed by atoms with van der Waals surface area (Å²) in [7, 11) is 0. The summed E-state index contributed by atoms with van der Waals surface area (Å²) < 4.78 is 0. The molecule has 0 saturated heterocycles. The molecule has 1 aliphatic rings. The first kappa shape index (κ1) is 13.6. The standard InChI is InChI=1S/C15H19N3O/c16-9-12-3-5-13(6-4-12)10-18-14(19)15(11-17)7-1-2-8-15/h3-6H,1-2,7-8,10-11,17H2,(H,18,19). The molecule has 0 aliphatic heterocycles. The molecule has 2 rings (SSSR count). The molecule has 3 N–H and O–H groups in total. The van der Waals surface area contributed by atoms with Crippen molar-refractivity contribution in [3.05, 3.63) is 35.4 Å². The van der Waals surface area contributed by atoms with Gasteiger partial charge in [0.1, 0.15) is 0 Å². The predicted molar refractivity (Wildman–Crippen MR) is 73.0 cm³/mol. The molecular formula is C15H19N3O. The average molecular weight is 257 g/mol. The fourth-order valence-electron chi connectivity index (χ4n) is 2.64. The number of carbonyl (C=O) groups is 1. The lowest BCUT2D eigenvalue weighted by atomic mass is 9.85. The third-order valence-corrected chi connectivity index (χ3v) is 3.97. The second-order valence-electron chi connectivity index (χ2n) is 5.18. The molecule has 1 fully saturated rings. The first-order valence-electron chi connectivity index (χ1n) is 6.68. The van der Waals surface area contributed by atoms with Gasteiger partial charge in [0.25, 0.3) is 0 Å². The van der Waals surface area contributed by atoms with Gasteiger partial charge in [0.2, 0.25) is 5.91 Å². The number of rotatable bonds is 4. The van der Waals surface area contributed by atoms with E-state index < -0.39 is 0 Å². The van der Waals surface area contributed by atoms with Crippen LogP contribution >= 0.6 is 0 Å². The van der Waals surface area contributed by atoms with Crippen LogP contribution in [0.2, 0.25) is 0 Å². The van der Waals surface area contributed by atoms with Crippen LogP contribution in [-0.4, -0.2) is 12.5 Å². The Labute approximate surface area is 113 Å². The zero-order valence-corrected chi connectivity index (χ0v) is 11.0. The van der Waals surface area contributed by atoms with E-state index in [0.717, 1.165) is 31.2 Å². The van der Waals surface area contributed by atoms with E-state index >= 15 is 0 Å². The molecule has 1 saturated carbocycles. The van der Waals surface area contributed by atoms with Crippen LogP contribution < -0.4 is 11.1 Å². The van der Waals surface area contributed by atoms with Crippen molar-refractivity contribution in [2.24, 2.45) is 11.1 Å². The van der Waals surface area contributed by atoms with Gasteiger partial charge in [-0.3, -0.25) is 4.79 Å². The van der Waals surface area contributed by atoms with Crippen molar-refractivity contribution in [3.63, 3.8) is 0 Å². The molecule has 0 heterocycles. The summed E-state index contributed by atoms with van der Waals surface area (Å²) in [5, 5.41) is 11.7. The molecule has 1 amide bonds. The highest BCUT2D eigenvalue weighted by Crippen LogP contribution is 2.37. The normalized spacial score (nSPS) is 16.8. The zero-order valence-electron chi connectivity index (χ0n) is 11.0. The Morgan fingerprint density at radius 2 is 1.95 bits per heavy atom. The summed E-state index contributed by atoms with van der Waals surface area (Å²) in [5.41, 5.74) is 7.05. The molecule has 0 atom stereocenters. The van der Waals surface area contributed by atoms with E-state index in [2.05, 4.69) is 11.4 Å². The van der Waals surface area contributed by atoms with Crippen LogP contribution in [0.3, 0.4) is 0 Å². The third kappa shape index (κ3) is 2.94. The molecule has 1 aliphatic carbocycles. The van der Waals surface area contributed by atoms with E-state index in [4.69, 9.17) is 11.0 Å². The highest BCUT2D eigenvalue weighted by atomic mass is 16.2. The monoisotopic (exact) mass is 257 g/mol. The van der Waals surface area contributed by atoms with Crippen molar-refractivity contribution in [1.29, 1.82) is 5.26 Å². The molecule has 4 nitrogen and oxygen atoms in total. The van der Waals surface area contributed by atoms with Crippen molar-refractivity contribution in [2.75, 3.05) is 6.54 Å². The van der Waals surface area contributed by atoms with E-state index in [-0.39, 0.29) is 11.3 Å². The Morgan fingerprint density at radius 3 is 2.47 bits per heavy atom. The first-order chi connectivity index (χ1) is 9.20. The molecule has 0 bridgehead atoms. The highest BCUT2D eigenvalue weighted by Gasteiger charge is 2.39. The van der Waals surface area contributed by atoms with Gasteiger partial charge >= 0.3 is 0 Å². The Balaban J connectivity index is 1.94. The van der Waals surface area contributed by atoms with Crippen LogP contribution in [0.1, 0.15) is 36.8 Å². The Bertz CT molecular complexity index is 481. The number of benzene rings is 1. The van der Waals surface area contributed by atoms with Gasteiger partial charge in [-0.2, -0.15) is 5.26 Å². The highest BCUT2D eigenvalue weighted by molar-refractivity contribution is 5.83. The summed E-state index contributed by atoms with van der Waals surface area (Å²) in [4.78, 5) is 12.3. The number of nitrogens with two attached hydrogens (primary N) is 1. The number of nitrogens with one attached hydrogen (secondary N) is 1. The lowest BCUT2D eigenvalue weighted by Gasteiger charge is -2.25. The van der Waals surface area contributed by atoms with Crippen molar-refractivity contribution in [1.82, 2.24) is 5.32 Å². The van der Waals surface area contributed by atoms with E-state index in [0.29, 0.717) is 18.7 Å². The smallest absolute Gasteiger partial charge is 0.227 e. The third-order valence-electron chi connectivity index (χ3n) is 3.97. The lowest BCUT2D eigenvalue weighted by Crippen LogP contribution is -2.43. The number of nitriles is 1. The average Bonchev–Trinajstić information content (AvgIpc) is 2.95. The Hall–Kier alpha value is -1.86. The van der Waals surface area contributed by atoms with Gasteiger partial charge in [-0.25, -0.2) is 0 Å². The summed E-state index contributed by atoms with van der Waals surface area (Å²) in [6, 6.07) is 9.32. The predicted octanol–water partition coefficient (Wildman–Crippen LogP) is 1.69. The van der Waals surface area contributed by atoms with Gasteiger partial charge in [0.05, 0.1) is 17.0 Å². The first-order valence-corrected chi connectivity index (χ1v) is 6.68. The molecule has 0 aromatic heterocycles. The van der Waals surface area contributed by atoms with Gasteiger partial charge < -0.3 is 11.1 Å². The number of nitrogens with zero attached hydrogens (tertiary/aromatic N) is 1. The maximum absolute atomic E-state index is 12.3. The fraction of sp³-hybridized carbons (Fsp3) is 0.467. The molecule has 19 heavy (non-hydrogen) atoms. The van der Waals surface area contributed by atoms with Crippen molar-refractivity contribution in [2.45, 2.75) is 32.2 Å². The molecule has 0 radical (unpaired) electrons. The fourth-order valence-corrected chi connectivity index (χ4v) is 2.64. The second kappa shape index (κ2) is 5.85. The van der Waals surface area contributed by atoms with E-state index in [1.807, 2.05) is 12.1 Å². The van der Waals surface area contributed by atoms with Gasteiger partial charge in [-0.1, -0.05) is 25.0 Å². The maximum atomic E-state index is 12.3. The Morgan fingerprint density at radius 1 is 1.32 bits per heavy atom. The minimum Gasteiger partial charge on any atom is -0.352 e. The van der Waals surface area contributed by atoms with Crippen LogP contribution in [0.4, 0.5) is 0 Å². The molecule has 0 unspecified atom stereocenters. The van der Waals surface area contributed by atoms with Crippen LogP contribution in [-0.2, 0) is 11.3 Å². The second-order valence-corrected chi connectivity index (χ2v) is 5.18. The molecule has 4 heteroatoms. The summed E-state index contributed by atoms with van der Waals surface area (Å²) >= 11 is 0. The molecule has 1 aromatic rings. The number of carbonyl (C=O) groups excluding carboxylic acids is 1. The SMILES string of the molecule is N#Cc1ccc(CNC(=O)C2(CN)CCCC2)cc1. The van der Waals surface area contributed by atoms with E-state index in [9.17, 15) is 4.79 Å².